The van der Waals surface area contributed by atoms with E-state index in [0.29, 0.717) is 18.0 Å². The second-order valence-corrected chi connectivity index (χ2v) is 6.26. The Balaban J connectivity index is 1.56. The third-order valence-electron chi connectivity index (χ3n) is 4.39. The van der Waals surface area contributed by atoms with Crippen molar-refractivity contribution in [3.05, 3.63) is 59.9 Å². The van der Waals surface area contributed by atoms with E-state index in [1.807, 2.05) is 24.3 Å². The summed E-state index contributed by atoms with van der Waals surface area (Å²) in [6, 6.07) is 13.5. The predicted octanol–water partition coefficient (Wildman–Crippen LogP) is 4.81. The van der Waals surface area contributed by atoms with Gasteiger partial charge < -0.3 is 10.1 Å². The van der Waals surface area contributed by atoms with Gasteiger partial charge in [-0.1, -0.05) is 31.4 Å². The normalized spacial score (nSPS) is 15.0. The number of halogens is 1. The van der Waals surface area contributed by atoms with Crippen molar-refractivity contribution < 1.29 is 13.9 Å². The maximum absolute atomic E-state index is 12.9. The smallest absolute Gasteiger partial charge is 0.223 e. The molecule has 1 aliphatic carbocycles. The number of ether oxygens (including phenoxy) is 1. The number of benzene rings is 2. The predicted molar refractivity (Wildman–Crippen MR) is 91.3 cm³/mol. The van der Waals surface area contributed by atoms with Gasteiger partial charge in [0.2, 0.25) is 5.91 Å². The van der Waals surface area contributed by atoms with Gasteiger partial charge in [0.1, 0.15) is 17.3 Å². The monoisotopic (exact) mass is 327 g/mol. The van der Waals surface area contributed by atoms with Gasteiger partial charge in [-0.25, -0.2) is 4.39 Å². The molecular weight excluding hydrogens is 305 g/mol. The van der Waals surface area contributed by atoms with Crippen molar-refractivity contribution in [1.82, 2.24) is 5.32 Å². The standard InChI is InChI=1S/C20H22FNO2/c21-17-9-11-18(12-10-17)24-19-8-4-5-15(13-19)14-22-20(23)16-6-2-1-3-7-16/h4-5,8-13,16H,1-3,6-7,14H2,(H,22,23). The third kappa shape index (κ3) is 4.57. The molecule has 1 aliphatic rings. The molecule has 0 unspecified atom stereocenters. The molecule has 2 aromatic carbocycles. The molecule has 4 heteroatoms. The lowest BCUT2D eigenvalue weighted by atomic mass is 9.88. The quantitative estimate of drug-likeness (QED) is 0.855. The fourth-order valence-electron chi connectivity index (χ4n) is 3.06. The number of rotatable bonds is 5. The average Bonchev–Trinajstić information content (AvgIpc) is 2.63. The molecule has 1 fully saturated rings. The van der Waals surface area contributed by atoms with Crippen LogP contribution in [0.25, 0.3) is 0 Å². The van der Waals surface area contributed by atoms with Gasteiger partial charge in [-0.15, -0.1) is 0 Å². The minimum Gasteiger partial charge on any atom is -0.457 e. The minimum absolute atomic E-state index is 0.152. The van der Waals surface area contributed by atoms with Crippen LogP contribution in [-0.2, 0) is 11.3 Å². The van der Waals surface area contributed by atoms with Gasteiger partial charge in [0.15, 0.2) is 0 Å². The summed E-state index contributed by atoms with van der Waals surface area (Å²) >= 11 is 0. The lowest BCUT2D eigenvalue weighted by Crippen LogP contribution is -2.31. The molecule has 0 aliphatic heterocycles. The Labute approximate surface area is 141 Å². The molecule has 0 atom stereocenters. The Morgan fingerprint density at radius 1 is 1.04 bits per heavy atom. The van der Waals surface area contributed by atoms with Gasteiger partial charge in [-0.3, -0.25) is 4.79 Å². The van der Waals surface area contributed by atoms with Crippen LogP contribution in [0.4, 0.5) is 4.39 Å². The SMILES string of the molecule is O=C(NCc1cccc(Oc2ccc(F)cc2)c1)C1CCCCC1. The lowest BCUT2D eigenvalue weighted by molar-refractivity contribution is -0.126. The van der Waals surface area contributed by atoms with Crippen LogP contribution in [0.1, 0.15) is 37.7 Å². The molecule has 24 heavy (non-hydrogen) atoms. The van der Waals surface area contributed by atoms with Crippen molar-refractivity contribution in [2.75, 3.05) is 0 Å². The molecule has 1 N–H and O–H groups in total. The number of carbonyl (C=O) groups is 1. The number of nitrogens with one attached hydrogen (secondary N) is 1. The van der Waals surface area contributed by atoms with Crippen molar-refractivity contribution in [1.29, 1.82) is 0 Å². The van der Waals surface area contributed by atoms with Crippen LogP contribution in [-0.4, -0.2) is 5.91 Å². The first-order valence-corrected chi connectivity index (χ1v) is 8.51. The molecule has 0 bridgehead atoms. The van der Waals surface area contributed by atoms with E-state index in [1.54, 1.807) is 12.1 Å². The zero-order chi connectivity index (χ0) is 16.8. The first-order valence-electron chi connectivity index (χ1n) is 8.51. The van der Waals surface area contributed by atoms with Crippen molar-refractivity contribution in [3.63, 3.8) is 0 Å². The summed E-state index contributed by atoms with van der Waals surface area (Å²) in [5, 5.41) is 3.02. The zero-order valence-electron chi connectivity index (χ0n) is 13.6. The van der Waals surface area contributed by atoms with E-state index in [-0.39, 0.29) is 17.6 Å². The summed E-state index contributed by atoms with van der Waals surface area (Å²) in [4.78, 5) is 12.2. The molecule has 0 saturated heterocycles. The van der Waals surface area contributed by atoms with Crippen molar-refractivity contribution >= 4 is 5.91 Å². The van der Waals surface area contributed by atoms with E-state index in [0.717, 1.165) is 31.2 Å². The molecule has 3 rings (SSSR count). The van der Waals surface area contributed by atoms with Gasteiger partial charge in [0, 0.05) is 12.5 Å². The number of amides is 1. The van der Waals surface area contributed by atoms with E-state index < -0.39 is 0 Å². The maximum Gasteiger partial charge on any atom is 0.223 e. The molecule has 1 saturated carbocycles. The summed E-state index contributed by atoms with van der Waals surface area (Å²) < 4.78 is 18.6. The van der Waals surface area contributed by atoms with Crippen LogP contribution in [0.2, 0.25) is 0 Å². The molecule has 0 aromatic heterocycles. The van der Waals surface area contributed by atoms with E-state index in [2.05, 4.69) is 5.32 Å². The van der Waals surface area contributed by atoms with Crippen LogP contribution in [0, 0.1) is 11.7 Å². The highest BCUT2D eigenvalue weighted by atomic mass is 19.1. The van der Waals surface area contributed by atoms with Crippen LogP contribution in [0.3, 0.4) is 0 Å². The Morgan fingerprint density at radius 3 is 2.54 bits per heavy atom. The first kappa shape index (κ1) is 16.5. The van der Waals surface area contributed by atoms with E-state index >= 15 is 0 Å². The topological polar surface area (TPSA) is 38.3 Å². The molecule has 0 radical (unpaired) electrons. The molecule has 2 aromatic rings. The molecular formula is C20H22FNO2. The molecule has 0 spiro atoms. The van der Waals surface area contributed by atoms with Crippen LogP contribution >= 0.6 is 0 Å². The molecule has 3 nitrogen and oxygen atoms in total. The van der Waals surface area contributed by atoms with Crippen LogP contribution in [0.15, 0.2) is 48.5 Å². The van der Waals surface area contributed by atoms with E-state index in [9.17, 15) is 9.18 Å². The summed E-state index contributed by atoms with van der Waals surface area (Å²) in [5.41, 5.74) is 0.985. The number of hydrogen-bond donors (Lipinski definition) is 1. The van der Waals surface area contributed by atoms with Crippen molar-refractivity contribution in [2.45, 2.75) is 38.6 Å². The molecule has 126 valence electrons. The van der Waals surface area contributed by atoms with Crippen molar-refractivity contribution in [2.24, 2.45) is 5.92 Å². The fraction of sp³-hybridized carbons (Fsp3) is 0.350. The maximum atomic E-state index is 12.9. The fourth-order valence-corrected chi connectivity index (χ4v) is 3.06. The third-order valence-corrected chi connectivity index (χ3v) is 4.39. The number of hydrogen-bond acceptors (Lipinski definition) is 2. The highest BCUT2D eigenvalue weighted by Crippen LogP contribution is 2.24. The second kappa shape index (κ2) is 7.95. The zero-order valence-corrected chi connectivity index (χ0v) is 13.6. The molecule has 0 heterocycles. The summed E-state index contributed by atoms with van der Waals surface area (Å²) in [6.45, 7) is 0.496. The summed E-state index contributed by atoms with van der Waals surface area (Å²) in [5.74, 6) is 1.28. The highest BCUT2D eigenvalue weighted by Gasteiger charge is 2.20. The van der Waals surface area contributed by atoms with Gasteiger partial charge in [-0.05, 0) is 54.8 Å². The van der Waals surface area contributed by atoms with Crippen LogP contribution in [0.5, 0.6) is 11.5 Å². The van der Waals surface area contributed by atoms with E-state index in [4.69, 9.17) is 4.74 Å². The first-order chi connectivity index (χ1) is 11.7. The number of carbonyl (C=O) groups excluding carboxylic acids is 1. The van der Waals surface area contributed by atoms with E-state index in [1.165, 1.54) is 18.6 Å². The van der Waals surface area contributed by atoms with Crippen LogP contribution < -0.4 is 10.1 Å². The van der Waals surface area contributed by atoms with Gasteiger partial charge in [-0.2, -0.15) is 0 Å². The Kier molecular flexibility index (Phi) is 5.47. The minimum atomic E-state index is -0.290. The van der Waals surface area contributed by atoms with Gasteiger partial charge >= 0.3 is 0 Å². The lowest BCUT2D eigenvalue weighted by Gasteiger charge is -2.20. The largest absolute Gasteiger partial charge is 0.457 e. The summed E-state index contributed by atoms with van der Waals surface area (Å²) in [7, 11) is 0. The Bertz CT molecular complexity index is 678. The van der Waals surface area contributed by atoms with Gasteiger partial charge in [0.05, 0.1) is 0 Å². The van der Waals surface area contributed by atoms with Crippen molar-refractivity contribution in [3.8, 4) is 11.5 Å². The Hall–Kier alpha value is -2.36. The van der Waals surface area contributed by atoms with Gasteiger partial charge in [0.25, 0.3) is 0 Å². The average molecular weight is 327 g/mol. The second-order valence-electron chi connectivity index (χ2n) is 6.26. The highest BCUT2D eigenvalue weighted by molar-refractivity contribution is 5.78. The Morgan fingerprint density at radius 2 is 1.79 bits per heavy atom. The summed E-state index contributed by atoms with van der Waals surface area (Å²) in [6.07, 6.45) is 5.55. The molecule has 1 amide bonds.